The van der Waals surface area contributed by atoms with Crippen LogP contribution in [-0.4, -0.2) is 27.3 Å². The molecule has 1 aromatic carbocycles. The molecule has 0 aromatic heterocycles. The number of allylic oxidation sites excluding steroid dienone is 2. The third-order valence-corrected chi connectivity index (χ3v) is 2.51. The summed E-state index contributed by atoms with van der Waals surface area (Å²) in [6.07, 6.45) is 9.26. The minimum atomic E-state index is 0.692. The Balaban J connectivity index is 2.37. The number of hydrogen-bond acceptors (Lipinski definition) is 2. The molecule has 0 fully saturated rings. The highest BCUT2D eigenvalue weighted by Gasteiger charge is 1.92. The smallest absolute Gasteiger partial charge is 0.0650 e. The number of anilines is 1. The Morgan fingerprint density at radius 2 is 1.83 bits per heavy atom. The summed E-state index contributed by atoms with van der Waals surface area (Å²) >= 11 is 0. The Kier molecular flexibility index (Phi) is 6.89. The molecular weight excluding hydrogens is 222 g/mol. The van der Waals surface area contributed by atoms with Gasteiger partial charge in [-0.05, 0) is 24.1 Å². The van der Waals surface area contributed by atoms with Crippen LogP contribution in [0.1, 0.15) is 18.9 Å². The Bertz CT molecular complexity index is 377. The Hall–Kier alpha value is -1.54. The molecule has 0 unspecified atom stereocenters. The molecule has 98 valence electrons. The molecule has 1 rings (SSSR count). The maximum atomic E-state index is 5.35. The molecule has 0 aliphatic rings. The van der Waals surface area contributed by atoms with Gasteiger partial charge in [0.1, 0.15) is 0 Å². The fourth-order valence-corrected chi connectivity index (χ4v) is 1.48. The monoisotopic (exact) mass is 245 g/mol. The molecule has 0 radical (unpaired) electrons. The van der Waals surface area contributed by atoms with Crippen molar-refractivity contribution in [2.45, 2.75) is 13.3 Å². The van der Waals surface area contributed by atoms with Gasteiger partial charge in [0.15, 0.2) is 0 Å². The van der Waals surface area contributed by atoms with Gasteiger partial charge >= 0.3 is 0 Å². The Morgan fingerprint density at radius 3 is 2.44 bits per heavy atom. The highest BCUT2D eigenvalue weighted by Crippen LogP contribution is 2.12. The standard InChI is InChI=1S/C16H23NO/c1-4-13-18-14-7-5-6-8-15-9-11-16(12-10-15)17(2)3/h5-12H,4,13-14H2,1-3H3. The van der Waals surface area contributed by atoms with Crippen molar-refractivity contribution in [1.29, 1.82) is 0 Å². The fourth-order valence-electron chi connectivity index (χ4n) is 1.48. The molecule has 18 heavy (non-hydrogen) atoms. The van der Waals surface area contributed by atoms with E-state index in [0.29, 0.717) is 6.61 Å². The number of benzene rings is 1. The van der Waals surface area contributed by atoms with Gasteiger partial charge in [-0.3, -0.25) is 0 Å². The molecule has 1 aromatic rings. The van der Waals surface area contributed by atoms with Crippen LogP contribution in [0.15, 0.2) is 42.5 Å². The third kappa shape index (κ3) is 5.69. The summed E-state index contributed by atoms with van der Waals surface area (Å²) in [5.74, 6) is 0. The first-order valence-corrected chi connectivity index (χ1v) is 6.42. The van der Waals surface area contributed by atoms with Crippen LogP contribution in [0.3, 0.4) is 0 Å². The molecule has 0 saturated heterocycles. The zero-order valence-corrected chi connectivity index (χ0v) is 11.6. The lowest BCUT2D eigenvalue weighted by Crippen LogP contribution is -2.07. The van der Waals surface area contributed by atoms with E-state index in [4.69, 9.17) is 4.74 Å². The second kappa shape index (κ2) is 8.54. The van der Waals surface area contributed by atoms with Gasteiger partial charge in [-0.2, -0.15) is 0 Å². The summed E-state index contributed by atoms with van der Waals surface area (Å²) < 4.78 is 5.35. The first-order valence-electron chi connectivity index (χ1n) is 6.42. The lowest BCUT2D eigenvalue weighted by molar-refractivity contribution is 0.163. The molecule has 0 aliphatic carbocycles. The van der Waals surface area contributed by atoms with E-state index in [-0.39, 0.29) is 0 Å². The largest absolute Gasteiger partial charge is 0.378 e. The quantitative estimate of drug-likeness (QED) is 0.536. The van der Waals surface area contributed by atoms with Gasteiger partial charge in [0.25, 0.3) is 0 Å². The second-order valence-corrected chi connectivity index (χ2v) is 4.35. The van der Waals surface area contributed by atoms with E-state index in [1.807, 2.05) is 32.3 Å². The first-order chi connectivity index (χ1) is 8.74. The van der Waals surface area contributed by atoms with E-state index in [1.54, 1.807) is 0 Å². The number of rotatable bonds is 7. The molecule has 0 atom stereocenters. The summed E-state index contributed by atoms with van der Waals surface area (Å²) in [4.78, 5) is 2.10. The van der Waals surface area contributed by atoms with Crippen molar-refractivity contribution in [2.75, 3.05) is 32.2 Å². The summed E-state index contributed by atoms with van der Waals surface area (Å²) in [5, 5.41) is 0. The van der Waals surface area contributed by atoms with Gasteiger partial charge in [0.05, 0.1) is 6.61 Å². The highest BCUT2D eigenvalue weighted by atomic mass is 16.5. The molecule has 0 spiro atoms. The van der Waals surface area contributed by atoms with E-state index in [1.165, 1.54) is 11.3 Å². The minimum Gasteiger partial charge on any atom is -0.378 e. The van der Waals surface area contributed by atoms with E-state index in [9.17, 15) is 0 Å². The van der Waals surface area contributed by atoms with Crippen molar-refractivity contribution in [2.24, 2.45) is 0 Å². The maximum absolute atomic E-state index is 5.35. The van der Waals surface area contributed by atoms with Crippen molar-refractivity contribution >= 4 is 11.8 Å². The molecule has 0 aliphatic heterocycles. The van der Waals surface area contributed by atoms with Crippen molar-refractivity contribution in [1.82, 2.24) is 0 Å². The average molecular weight is 245 g/mol. The van der Waals surface area contributed by atoms with Crippen LogP contribution < -0.4 is 4.90 Å². The van der Waals surface area contributed by atoms with Gasteiger partial charge in [-0.15, -0.1) is 0 Å². The summed E-state index contributed by atoms with van der Waals surface area (Å²) in [5.41, 5.74) is 2.43. The minimum absolute atomic E-state index is 0.692. The SMILES string of the molecule is CCCOCC=CC=Cc1ccc(N(C)C)cc1. The highest BCUT2D eigenvalue weighted by molar-refractivity contribution is 5.56. The van der Waals surface area contributed by atoms with Crippen LogP contribution in [0.25, 0.3) is 6.08 Å². The van der Waals surface area contributed by atoms with Gasteiger partial charge in [0, 0.05) is 26.4 Å². The summed E-state index contributed by atoms with van der Waals surface area (Å²) in [6.45, 7) is 3.64. The molecule has 2 heteroatoms. The topological polar surface area (TPSA) is 12.5 Å². The van der Waals surface area contributed by atoms with E-state index in [0.717, 1.165) is 13.0 Å². The molecule has 0 bridgehead atoms. The lowest BCUT2D eigenvalue weighted by atomic mass is 10.2. The first kappa shape index (κ1) is 14.5. The molecule has 0 N–H and O–H groups in total. The van der Waals surface area contributed by atoms with Crippen LogP contribution in [0.4, 0.5) is 5.69 Å². The van der Waals surface area contributed by atoms with Crippen LogP contribution in [0, 0.1) is 0 Å². The van der Waals surface area contributed by atoms with Gasteiger partial charge in [-0.25, -0.2) is 0 Å². The second-order valence-electron chi connectivity index (χ2n) is 4.35. The molecule has 0 amide bonds. The van der Waals surface area contributed by atoms with Crippen molar-refractivity contribution in [3.63, 3.8) is 0 Å². The van der Waals surface area contributed by atoms with Gasteiger partial charge in [0.2, 0.25) is 0 Å². The van der Waals surface area contributed by atoms with Crippen LogP contribution in [-0.2, 0) is 4.74 Å². The Labute approximate surface area is 111 Å². The summed E-state index contributed by atoms with van der Waals surface area (Å²) in [6, 6.07) is 8.47. The normalized spacial score (nSPS) is 11.5. The van der Waals surface area contributed by atoms with Gasteiger partial charge in [-0.1, -0.05) is 43.4 Å². The molecule has 0 heterocycles. The zero-order valence-electron chi connectivity index (χ0n) is 11.6. The molecule has 2 nitrogen and oxygen atoms in total. The van der Waals surface area contributed by atoms with Crippen LogP contribution >= 0.6 is 0 Å². The van der Waals surface area contributed by atoms with E-state index in [2.05, 4.69) is 42.2 Å². The number of hydrogen-bond donors (Lipinski definition) is 0. The van der Waals surface area contributed by atoms with E-state index < -0.39 is 0 Å². The van der Waals surface area contributed by atoms with Crippen LogP contribution in [0.2, 0.25) is 0 Å². The average Bonchev–Trinajstić information content (AvgIpc) is 2.38. The predicted molar refractivity (Wildman–Crippen MR) is 80.1 cm³/mol. The lowest BCUT2D eigenvalue weighted by Gasteiger charge is -2.11. The zero-order chi connectivity index (χ0) is 13.2. The van der Waals surface area contributed by atoms with Crippen LogP contribution in [0.5, 0.6) is 0 Å². The van der Waals surface area contributed by atoms with Crippen molar-refractivity contribution < 1.29 is 4.74 Å². The molecular formula is C16H23NO. The molecule has 0 saturated carbocycles. The van der Waals surface area contributed by atoms with Gasteiger partial charge < -0.3 is 9.64 Å². The van der Waals surface area contributed by atoms with E-state index >= 15 is 0 Å². The van der Waals surface area contributed by atoms with Crippen molar-refractivity contribution in [3.8, 4) is 0 Å². The Morgan fingerprint density at radius 1 is 1.11 bits per heavy atom. The number of ether oxygens (including phenoxy) is 1. The summed E-state index contributed by atoms with van der Waals surface area (Å²) in [7, 11) is 4.09. The fraction of sp³-hybridized carbons (Fsp3) is 0.375. The number of nitrogens with zero attached hydrogens (tertiary/aromatic N) is 1. The maximum Gasteiger partial charge on any atom is 0.0650 e. The van der Waals surface area contributed by atoms with Crippen molar-refractivity contribution in [3.05, 3.63) is 48.1 Å². The predicted octanol–water partition coefficient (Wildman–Crippen LogP) is 3.75. The third-order valence-electron chi connectivity index (χ3n) is 2.51.